The largest absolute Gasteiger partial charge is 0.465 e. The minimum atomic E-state index is -0.712. The fourth-order valence-corrected chi connectivity index (χ4v) is 2.91. The van der Waals surface area contributed by atoms with Gasteiger partial charge in [0.25, 0.3) is 5.91 Å². The Bertz CT molecular complexity index is 962. The van der Waals surface area contributed by atoms with E-state index in [-0.39, 0.29) is 27.7 Å². The van der Waals surface area contributed by atoms with E-state index >= 15 is 0 Å². The molecule has 1 aromatic carbocycles. The second-order valence-corrected chi connectivity index (χ2v) is 6.78. The van der Waals surface area contributed by atoms with Gasteiger partial charge in [-0.05, 0) is 43.5 Å². The Kier molecular flexibility index (Phi) is 8.17. The van der Waals surface area contributed by atoms with Crippen LogP contribution in [0.5, 0.6) is 5.88 Å². The van der Waals surface area contributed by atoms with Gasteiger partial charge in [0.1, 0.15) is 11.1 Å². The van der Waals surface area contributed by atoms with E-state index in [1.54, 1.807) is 25.1 Å². The average molecular weight is 434 g/mol. The number of nitrogens with one attached hydrogen (secondary N) is 2. The van der Waals surface area contributed by atoms with Crippen molar-refractivity contribution in [3.63, 3.8) is 0 Å². The van der Waals surface area contributed by atoms with E-state index in [4.69, 9.17) is 21.1 Å². The number of aryl methyl sites for hydroxylation is 2. The lowest BCUT2D eigenvalue weighted by atomic mass is 10.0. The molecule has 0 fully saturated rings. The van der Waals surface area contributed by atoms with Gasteiger partial charge in [0, 0.05) is 12.2 Å². The highest BCUT2D eigenvalue weighted by Crippen LogP contribution is 2.31. The van der Waals surface area contributed by atoms with Gasteiger partial charge >= 0.3 is 12.1 Å². The molecule has 0 saturated carbocycles. The van der Waals surface area contributed by atoms with E-state index in [1.165, 1.54) is 13.2 Å². The van der Waals surface area contributed by atoms with Crippen molar-refractivity contribution in [2.75, 3.05) is 19.0 Å². The first-order valence-electron chi connectivity index (χ1n) is 9.46. The van der Waals surface area contributed by atoms with Crippen LogP contribution in [0.3, 0.4) is 0 Å². The lowest BCUT2D eigenvalue weighted by molar-refractivity contribution is 0.0602. The molecule has 9 heteroatoms. The molecule has 0 radical (unpaired) electrons. The summed E-state index contributed by atoms with van der Waals surface area (Å²) in [6.45, 7) is 5.91. The fourth-order valence-electron chi connectivity index (χ4n) is 2.67. The van der Waals surface area contributed by atoms with Gasteiger partial charge in [-0.1, -0.05) is 31.5 Å². The first kappa shape index (κ1) is 23.2. The van der Waals surface area contributed by atoms with Gasteiger partial charge in [0.2, 0.25) is 5.88 Å². The number of rotatable bonds is 7. The highest BCUT2D eigenvalue weighted by Gasteiger charge is 2.24. The molecular weight excluding hydrogens is 410 g/mol. The number of methoxy groups -OCH3 is 1. The summed E-state index contributed by atoms with van der Waals surface area (Å²) in [5, 5.41) is 5.41. The zero-order chi connectivity index (χ0) is 22.3. The molecular formula is C21H24ClN3O5. The second-order valence-electron chi connectivity index (χ2n) is 6.38. The molecule has 2 rings (SSSR count). The molecule has 160 valence electrons. The summed E-state index contributed by atoms with van der Waals surface area (Å²) >= 11 is 6.19. The predicted octanol–water partition coefficient (Wildman–Crippen LogP) is 4.14. The van der Waals surface area contributed by atoms with Crippen molar-refractivity contribution in [2.24, 2.45) is 0 Å². The molecule has 0 aliphatic heterocycles. The Balaban J connectivity index is 2.43. The first-order valence-corrected chi connectivity index (χ1v) is 9.84. The van der Waals surface area contributed by atoms with Crippen LogP contribution in [0.15, 0.2) is 24.3 Å². The quantitative estimate of drug-likeness (QED) is 0.635. The van der Waals surface area contributed by atoms with Crippen LogP contribution in [0, 0.1) is 6.92 Å². The van der Waals surface area contributed by atoms with Crippen LogP contribution in [-0.2, 0) is 11.2 Å². The van der Waals surface area contributed by atoms with E-state index in [2.05, 4.69) is 15.6 Å². The van der Waals surface area contributed by atoms with Crippen LogP contribution in [0.25, 0.3) is 0 Å². The number of hydrogen-bond acceptors (Lipinski definition) is 6. The summed E-state index contributed by atoms with van der Waals surface area (Å²) in [5.74, 6) is -1.42. The molecule has 2 amide bonds. The third kappa shape index (κ3) is 5.48. The van der Waals surface area contributed by atoms with Crippen molar-refractivity contribution < 1.29 is 23.9 Å². The van der Waals surface area contributed by atoms with E-state index in [1.807, 2.05) is 13.8 Å². The van der Waals surface area contributed by atoms with Gasteiger partial charge in [0.05, 0.1) is 17.8 Å². The highest BCUT2D eigenvalue weighted by atomic mass is 35.5. The SMILES string of the molecule is CCCNC(=O)Oc1nc(C)ccc1C(=O)Nc1c(CC)ccc(Cl)c1C(=O)OC. The minimum absolute atomic E-state index is 0.0325. The Hall–Kier alpha value is -3.13. The summed E-state index contributed by atoms with van der Waals surface area (Å²) in [4.78, 5) is 41.4. The minimum Gasteiger partial charge on any atom is -0.465 e. The van der Waals surface area contributed by atoms with Crippen LogP contribution >= 0.6 is 11.6 Å². The maximum absolute atomic E-state index is 13.0. The lowest BCUT2D eigenvalue weighted by Crippen LogP contribution is -2.29. The van der Waals surface area contributed by atoms with E-state index < -0.39 is 18.0 Å². The molecule has 0 aliphatic carbocycles. The average Bonchev–Trinajstić information content (AvgIpc) is 2.72. The molecule has 30 heavy (non-hydrogen) atoms. The van der Waals surface area contributed by atoms with Crippen molar-refractivity contribution in [1.29, 1.82) is 0 Å². The summed E-state index contributed by atoms with van der Waals surface area (Å²) in [6, 6.07) is 6.40. The van der Waals surface area contributed by atoms with Crippen molar-refractivity contribution in [3.05, 3.63) is 51.7 Å². The van der Waals surface area contributed by atoms with Crippen molar-refractivity contribution >= 4 is 35.3 Å². The summed E-state index contributed by atoms with van der Waals surface area (Å²) < 4.78 is 10.0. The standard InChI is InChI=1S/C21H24ClN3O5/c1-5-11-23-21(28)30-19-14(9-7-12(3)24-19)18(26)25-17-13(6-2)8-10-15(22)16(17)20(27)29-4/h7-10H,5-6,11H2,1-4H3,(H,23,28)(H,25,26). The summed E-state index contributed by atoms with van der Waals surface area (Å²) in [7, 11) is 1.23. The van der Waals surface area contributed by atoms with Crippen LogP contribution in [0.2, 0.25) is 5.02 Å². The molecule has 0 atom stereocenters. The van der Waals surface area contributed by atoms with Crippen molar-refractivity contribution in [2.45, 2.75) is 33.6 Å². The summed E-state index contributed by atoms with van der Waals surface area (Å²) in [5.41, 5.74) is 1.58. The maximum atomic E-state index is 13.0. The van der Waals surface area contributed by atoms with Gasteiger partial charge in [-0.25, -0.2) is 14.6 Å². The summed E-state index contributed by atoms with van der Waals surface area (Å²) in [6.07, 6.45) is 0.552. The van der Waals surface area contributed by atoms with Crippen LogP contribution < -0.4 is 15.4 Å². The zero-order valence-corrected chi connectivity index (χ0v) is 18.1. The third-order valence-electron chi connectivity index (χ3n) is 4.20. The normalized spacial score (nSPS) is 10.3. The number of amides is 2. The number of carbonyl (C=O) groups excluding carboxylic acids is 3. The zero-order valence-electron chi connectivity index (χ0n) is 17.3. The first-order chi connectivity index (χ1) is 14.3. The van der Waals surface area contributed by atoms with Gasteiger partial charge in [-0.3, -0.25) is 4.79 Å². The number of benzene rings is 1. The van der Waals surface area contributed by atoms with Crippen LogP contribution in [-0.4, -0.2) is 36.6 Å². The number of halogens is 1. The third-order valence-corrected chi connectivity index (χ3v) is 4.52. The van der Waals surface area contributed by atoms with Crippen LogP contribution in [0.1, 0.15) is 52.2 Å². The van der Waals surface area contributed by atoms with Gasteiger partial charge in [-0.2, -0.15) is 0 Å². The second kappa shape index (κ2) is 10.6. The van der Waals surface area contributed by atoms with Crippen molar-refractivity contribution in [1.82, 2.24) is 10.3 Å². The Morgan fingerprint density at radius 3 is 2.50 bits per heavy atom. The fraction of sp³-hybridized carbons (Fsp3) is 0.333. The molecule has 2 aromatic rings. The van der Waals surface area contributed by atoms with E-state index in [9.17, 15) is 14.4 Å². The lowest BCUT2D eigenvalue weighted by Gasteiger charge is -2.16. The molecule has 0 spiro atoms. The number of esters is 1. The Morgan fingerprint density at radius 2 is 1.87 bits per heavy atom. The van der Waals surface area contributed by atoms with Gasteiger partial charge in [0.15, 0.2) is 0 Å². The van der Waals surface area contributed by atoms with Crippen molar-refractivity contribution in [3.8, 4) is 5.88 Å². The molecule has 1 heterocycles. The molecule has 0 aliphatic rings. The van der Waals surface area contributed by atoms with E-state index in [0.717, 1.165) is 6.42 Å². The number of carbonyl (C=O) groups is 3. The van der Waals surface area contributed by atoms with Gasteiger partial charge < -0.3 is 20.1 Å². The van der Waals surface area contributed by atoms with Crippen LogP contribution in [0.4, 0.5) is 10.5 Å². The predicted molar refractivity (Wildman–Crippen MR) is 113 cm³/mol. The number of pyridine rings is 1. The Labute approximate surface area is 179 Å². The van der Waals surface area contributed by atoms with Gasteiger partial charge in [-0.15, -0.1) is 0 Å². The number of ether oxygens (including phenoxy) is 2. The molecule has 1 aromatic heterocycles. The molecule has 0 saturated heterocycles. The number of hydrogen-bond donors (Lipinski definition) is 2. The topological polar surface area (TPSA) is 107 Å². The molecule has 2 N–H and O–H groups in total. The maximum Gasteiger partial charge on any atom is 0.413 e. The molecule has 0 bridgehead atoms. The Morgan fingerprint density at radius 1 is 1.13 bits per heavy atom. The number of nitrogens with zero attached hydrogens (tertiary/aromatic N) is 1. The monoisotopic (exact) mass is 433 g/mol. The molecule has 8 nitrogen and oxygen atoms in total. The number of anilines is 1. The smallest absolute Gasteiger partial charge is 0.413 e. The molecule has 0 unspecified atom stereocenters. The number of aromatic nitrogens is 1. The highest BCUT2D eigenvalue weighted by molar-refractivity contribution is 6.34. The van der Waals surface area contributed by atoms with E-state index in [0.29, 0.717) is 24.2 Å².